The monoisotopic (exact) mass is 346 g/mol. The summed E-state index contributed by atoms with van der Waals surface area (Å²) in [5.41, 5.74) is 3.26. The highest BCUT2D eigenvalue weighted by atomic mass is 16.5. The summed E-state index contributed by atoms with van der Waals surface area (Å²) >= 11 is 0. The molecule has 0 aromatic carbocycles. The lowest BCUT2D eigenvalue weighted by Gasteiger charge is -2.56. The van der Waals surface area contributed by atoms with Crippen molar-refractivity contribution < 1.29 is 14.6 Å². The molecule has 0 aromatic heterocycles. The summed E-state index contributed by atoms with van der Waals surface area (Å²) in [4.78, 5) is 11.9. The molecule has 0 amide bonds. The summed E-state index contributed by atoms with van der Waals surface area (Å²) in [6.07, 6.45) is 9.36. The van der Waals surface area contributed by atoms with Gasteiger partial charge in [-0.2, -0.15) is 0 Å². The average molecular weight is 347 g/mol. The van der Waals surface area contributed by atoms with Gasteiger partial charge in [0.2, 0.25) is 0 Å². The van der Waals surface area contributed by atoms with Crippen LogP contribution < -0.4 is 0 Å². The van der Waals surface area contributed by atoms with E-state index >= 15 is 0 Å². The van der Waals surface area contributed by atoms with Crippen LogP contribution in [-0.2, 0) is 9.53 Å². The van der Waals surface area contributed by atoms with E-state index in [0.29, 0.717) is 24.2 Å². The summed E-state index contributed by atoms with van der Waals surface area (Å²) < 4.78 is 5.63. The summed E-state index contributed by atoms with van der Waals surface area (Å²) in [6.45, 7) is 5.10. The number of allylic oxidation sites excluding steroid dienone is 2. The topological polar surface area (TPSA) is 46.5 Å². The van der Waals surface area contributed by atoms with Gasteiger partial charge < -0.3 is 9.84 Å². The first-order valence-electron chi connectivity index (χ1n) is 10.3. The van der Waals surface area contributed by atoms with Gasteiger partial charge >= 0.3 is 0 Å². The second-order valence-corrected chi connectivity index (χ2v) is 9.52. The van der Waals surface area contributed by atoms with Crippen molar-refractivity contribution in [2.45, 2.75) is 77.7 Å². The van der Waals surface area contributed by atoms with E-state index < -0.39 is 0 Å². The molecule has 0 radical (unpaired) electrons. The third-order valence-electron chi connectivity index (χ3n) is 8.83. The maximum Gasteiger partial charge on any atom is 0.137 e. The van der Waals surface area contributed by atoms with Gasteiger partial charge in [0.05, 0.1) is 12.7 Å². The SMILES string of the molecule is COC[C@]1(C(C)O)CC[C@H]2[C@@H]3CCC4=C(CCC(=O)C4)[C@H]3CC[C@@]21C. The largest absolute Gasteiger partial charge is 0.393 e. The average Bonchev–Trinajstić information content (AvgIpc) is 2.88. The Balaban J connectivity index is 1.65. The molecule has 2 fully saturated rings. The lowest BCUT2D eigenvalue weighted by Crippen LogP contribution is -2.53. The first-order valence-corrected chi connectivity index (χ1v) is 10.3. The van der Waals surface area contributed by atoms with Gasteiger partial charge in [-0.05, 0) is 75.0 Å². The van der Waals surface area contributed by atoms with Crippen molar-refractivity contribution in [2.75, 3.05) is 13.7 Å². The molecule has 3 nitrogen and oxygen atoms in total. The second-order valence-electron chi connectivity index (χ2n) is 9.52. The molecule has 0 aliphatic heterocycles. The van der Waals surface area contributed by atoms with Crippen molar-refractivity contribution in [1.29, 1.82) is 0 Å². The maximum atomic E-state index is 11.9. The third-order valence-corrected chi connectivity index (χ3v) is 8.83. The van der Waals surface area contributed by atoms with E-state index in [1.807, 2.05) is 6.92 Å². The first kappa shape index (κ1) is 17.7. The van der Waals surface area contributed by atoms with Gasteiger partial charge in [0, 0.05) is 25.4 Å². The minimum absolute atomic E-state index is 0.0887. The van der Waals surface area contributed by atoms with Crippen LogP contribution in [0.15, 0.2) is 11.1 Å². The normalized spacial score (nSPS) is 45.0. The van der Waals surface area contributed by atoms with Crippen molar-refractivity contribution in [3.8, 4) is 0 Å². The summed E-state index contributed by atoms with van der Waals surface area (Å²) in [5.74, 6) is 2.61. The number of carbonyl (C=O) groups is 1. The fourth-order valence-electron chi connectivity index (χ4n) is 7.52. The number of ketones is 1. The zero-order chi connectivity index (χ0) is 17.8. The van der Waals surface area contributed by atoms with Crippen molar-refractivity contribution >= 4 is 5.78 Å². The van der Waals surface area contributed by atoms with Crippen LogP contribution in [0.4, 0.5) is 0 Å². The van der Waals surface area contributed by atoms with Crippen LogP contribution >= 0.6 is 0 Å². The molecule has 0 aromatic rings. The van der Waals surface area contributed by atoms with Crippen LogP contribution in [0.5, 0.6) is 0 Å². The summed E-state index contributed by atoms with van der Waals surface area (Å²) in [5, 5.41) is 10.7. The van der Waals surface area contributed by atoms with Crippen LogP contribution in [0.3, 0.4) is 0 Å². The van der Waals surface area contributed by atoms with Crippen LogP contribution in [-0.4, -0.2) is 30.7 Å². The van der Waals surface area contributed by atoms with Gasteiger partial charge in [0.25, 0.3) is 0 Å². The van der Waals surface area contributed by atoms with Crippen molar-refractivity contribution in [2.24, 2.45) is 28.6 Å². The van der Waals surface area contributed by atoms with Gasteiger partial charge in [0.1, 0.15) is 5.78 Å². The molecule has 25 heavy (non-hydrogen) atoms. The Hall–Kier alpha value is -0.670. The van der Waals surface area contributed by atoms with Crippen molar-refractivity contribution in [3.63, 3.8) is 0 Å². The molecule has 2 saturated carbocycles. The Morgan fingerprint density at radius 3 is 2.72 bits per heavy atom. The van der Waals surface area contributed by atoms with Gasteiger partial charge in [-0.15, -0.1) is 0 Å². The molecule has 140 valence electrons. The van der Waals surface area contributed by atoms with Crippen LogP contribution in [0.25, 0.3) is 0 Å². The van der Waals surface area contributed by atoms with E-state index in [1.54, 1.807) is 12.7 Å². The van der Waals surface area contributed by atoms with Crippen molar-refractivity contribution in [1.82, 2.24) is 0 Å². The standard InChI is InChI=1S/C22H34O3/c1-14(23)22(13-25-3)11-9-20-19-6-4-15-12-16(24)5-7-17(15)18(19)8-10-21(20,22)2/h14,18-20,23H,4-13H2,1-3H3/t14?,18-,19-,20+,21+,22+/m1/s1. The van der Waals surface area contributed by atoms with Gasteiger partial charge in [-0.3, -0.25) is 4.79 Å². The van der Waals surface area contributed by atoms with Crippen LogP contribution in [0.2, 0.25) is 0 Å². The minimum atomic E-state index is -0.315. The molecular formula is C22H34O3. The number of carbonyl (C=O) groups excluding carboxylic acids is 1. The predicted octanol–water partition coefficient (Wildman–Crippen LogP) is 4.29. The highest BCUT2D eigenvalue weighted by Gasteiger charge is 2.63. The van der Waals surface area contributed by atoms with E-state index in [9.17, 15) is 9.90 Å². The molecule has 0 bridgehead atoms. The van der Waals surface area contributed by atoms with Crippen LogP contribution in [0.1, 0.15) is 71.6 Å². The van der Waals surface area contributed by atoms with E-state index in [0.717, 1.165) is 38.0 Å². The number of ether oxygens (including phenoxy) is 1. The van der Waals surface area contributed by atoms with E-state index in [1.165, 1.54) is 31.3 Å². The predicted molar refractivity (Wildman–Crippen MR) is 98.2 cm³/mol. The molecule has 6 atom stereocenters. The number of methoxy groups -OCH3 is 1. The Morgan fingerprint density at radius 2 is 2.00 bits per heavy atom. The van der Waals surface area contributed by atoms with Gasteiger partial charge in [0.15, 0.2) is 0 Å². The molecule has 4 aliphatic carbocycles. The number of hydrogen-bond donors (Lipinski definition) is 1. The van der Waals surface area contributed by atoms with E-state index in [-0.39, 0.29) is 16.9 Å². The molecule has 0 spiro atoms. The number of aliphatic hydroxyl groups excluding tert-OH is 1. The molecule has 3 heteroatoms. The fourth-order valence-corrected chi connectivity index (χ4v) is 7.52. The zero-order valence-electron chi connectivity index (χ0n) is 16.1. The second kappa shape index (κ2) is 6.20. The van der Waals surface area contributed by atoms with Crippen molar-refractivity contribution in [3.05, 3.63) is 11.1 Å². The third kappa shape index (κ3) is 2.41. The Labute approximate surface area is 152 Å². The lowest BCUT2D eigenvalue weighted by molar-refractivity contribution is -0.127. The zero-order valence-corrected chi connectivity index (χ0v) is 16.1. The molecule has 0 heterocycles. The molecule has 1 N–H and O–H groups in total. The Bertz CT molecular complexity index is 592. The smallest absolute Gasteiger partial charge is 0.137 e. The number of Topliss-reactive ketones (excluding diaryl/α,β-unsaturated/α-hetero) is 1. The van der Waals surface area contributed by atoms with E-state index in [2.05, 4.69) is 6.92 Å². The summed E-state index contributed by atoms with van der Waals surface area (Å²) in [7, 11) is 1.78. The number of hydrogen-bond acceptors (Lipinski definition) is 3. The van der Waals surface area contributed by atoms with E-state index in [4.69, 9.17) is 4.74 Å². The fraction of sp³-hybridized carbons (Fsp3) is 0.864. The molecule has 4 aliphatic rings. The molecule has 1 unspecified atom stereocenters. The minimum Gasteiger partial charge on any atom is -0.393 e. The van der Waals surface area contributed by atoms with Crippen LogP contribution in [0, 0.1) is 28.6 Å². The quantitative estimate of drug-likeness (QED) is 0.776. The highest BCUT2D eigenvalue weighted by molar-refractivity contribution is 5.82. The highest BCUT2D eigenvalue weighted by Crippen LogP contribution is 2.68. The molecule has 4 rings (SSSR count). The molecular weight excluding hydrogens is 312 g/mol. The number of aliphatic hydroxyl groups is 1. The lowest BCUT2D eigenvalue weighted by atomic mass is 9.49. The Kier molecular flexibility index (Phi) is 4.39. The maximum absolute atomic E-state index is 11.9. The Morgan fingerprint density at radius 1 is 1.20 bits per heavy atom. The number of rotatable bonds is 3. The number of fused-ring (bicyclic) bond motifs is 4. The first-order chi connectivity index (χ1) is 11.9. The summed E-state index contributed by atoms with van der Waals surface area (Å²) in [6, 6.07) is 0. The van der Waals surface area contributed by atoms with Gasteiger partial charge in [-0.1, -0.05) is 18.1 Å². The molecule has 0 saturated heterocycles. The van der Waals surface area contributed by atoms with Gasteiger partial charge in [-0.25, -0.2) is 0 Å².